The van der Waals surface area contributed by atoms with Gasteiger partial charge in [-0.3, -0.25) is 14.7 Å². The molecule has 3 aromatic rings. The monoisotopic (exact) mass is 391 g/mol. The van der Waals surface area contributed by atoms with E-state index in [4.69, 9.17) is 4.74 Å². The lowest BCUT2D eigenvalue weighted by Gasteiger charge is -2.28. The summed E-state index contributed by atoms with van der Waals surface area (Å²) in [6.07, 6.45) is 1.18. The van der Waals surface area contributed by atoms with Gasteiger partial charge in [-0.25, -0.2) is 0 Å². The second kappa shape index (κ2) is 8.15. The molecule has 2 amide bonds. The number of anilines is 3. The van der Waals surface area contributed by atoms with Gasteiger partial charge in [-0.05, 0) is 42.5 Å². The van der Waals surface area contributed by atoms with Crippen molar-refractivity contribution in [1.82, 2.24) is 10.2 Å². The van der Waals surface area contributed by atoms with Crippen molar-refractivity contribution in [1.29, 1.82) is 0 Å². The SMILES string of the molecule is C=CC(=O)Nc1cccc2[nH]nc(C(=O)Nc3ccc(N4CCOCC4)cc3)c12. The molecule has 8 nitrogen and oxygen atoms in total. The van der Waals surface area contributed by atoms with Crippen LogP contribution in [0.2, 0.25) is 0 Å². The Labute approximate surface area is 167 Å². The van der Waals surface area contributed by atoms with E-state index in [-0.39, 0.29) is 17.5 Å². The minimum Gasteiger partial charge on any atom is -0.378 e. The molecule has 0 bridgehead atoms. The lowest BCUT2D eigenvalue weighted by Crippen LogP contribution is -2.36. The van der Waals surface area contributed by atoms with E-state index in [1.807, 2.05) is 24.3 Å². The van der Waals surface area contributed by atoms with Crippen LogP contribution in [0.1, 0.15) is 10.5 Å². The molecule has 0 saturated carbocycles. The number of nitrogens with zero attached hydrogens (tertiary/aromatic N) is 2. The number of benzene rings is 2. The van der Waals surface area contributed by atoms with Gasteiger partial charge in [-0.15, -0.1) is 0 Å². The summed E-state index contributed by atoms with van der Waals surface area (Å²) >= 11 is 0. The molecule has 148 valence electrons. The number of carbonyl (C=O) groups is 2. The van der Waals surface area contributed by atoms with Crippen LogP contribution in [0.4, 0.5) is 17.1 Å². The quantitative estimate of drug-likeness (QED) is 0.581. The largest absolute Gasteiger partial charge is 0.378 e. The van der Waals surface area contributed by atoms with E-state index in [0.717, 1.165) is 32.0 Å². The van der Waals surface area contributed by atoms with E-state index < -0.39 is 0 Å². The molecule has 1 aliphatic rings. The molecular weight excluding hydrogens is 370 g/mol. The summed E-state index contributed by atoms with van der Waals surface area (Å²) in [5.74, 6) is -0.723. The summed E-state index contributed by atoms with van der Waals surface area (Å²) in [4.78, 5) is 26.8. The third-order valence-corrected chi connectivity index (χ3v) is 4.75. The fraction of sp³-hybridized carbons (Fsp3) is 0.190. The Morgan fingerprint density at radius 1 is 1.10 bits per heavy atom. The molecule has 2 aromatic carbocycles. The number of hydrogen-bond donors (Lipinski definition) is 3. The second-order valence-electron chi connectivity index (χ2n) is 6.59. The van der Waals surface area contributed by atoms with Crippen molar-refractivity contribution in [2.45, 2.75) is 0 Å². The van der Waals surface area contributed by atoms with Crippen LogP contribution in [0, 0.1) is 0 Å². The predicted octanol–water partition coefficient (Wildman–Crippen LogP) is 2.78. The number of aromatic amines is 1. The molecule has 29 heavy (non-hydrogen) atoms. The smallest absolute Gasteiger partial charge is 0.276 e. The molecule has 4 rings (SSSR count). The number of nitrogens with one attached hydrogen (secondary N) is 3. The number of H-pyrrole nitrogens is 1. The van der Waals surface area contributed by atoms with Gasteiger partial charge in [0.2, 0.25) is 5.91 Å². The van der Waals surface area contributed by atoms with Gasteiger partial charge in [0.25, 0.3) is 5.91 Å². The lowest BCUT2D eigenvalue weighted by atomic mass is 10.1. The van der Waals surface area contributed by atoms with E-state index in [2.05, 4.69) is 32.3 Å². The number of ether oxygens (including phenoxy) is 1. The second-order valence-corrected chi connectivity index (χ2v) is 6.59. The van der Waals surface area contributed by atoms with Gasteiger partial charge >= 0.3 is 0 Å². The maximum absolute atomic E-state index is 12.8. The molecule has 0 atom stereocenters. The summed E-state index contributed by atoms with van der Waals surface area (Å²) < 4.78 is 5.37. The first-order chi connectivity index (χ1) is 14.2. The Bertz CT molecular complexity index is 1050. The number of amides is 2. The Balaban J connectivity index is 1.54. The van der Waals surface area contributed by atoms with E-state index in [1.54, 1.807) is 18.2 Å². The normalized spacial score (nSPS) is 13.9. The lowest BCUT2D eigenvalue weighted by molar-refractivity contribution is -0.111. The number of fused-ring (bicyclic) bond motifs is 1. The maximum atomic E-state index is 12.8. The molecule has 0 unspecified atom stereocenters. The molecule has 0 spiro atoms. The Kier molecular flexibility index (Phi) is 5.26. The van der Waals surface area contributed by atoms with Crippen LogP contribution in [0.3, 0.4) is 0 Å². The van der Waals surface area contributed by atoms with Crippen molar-refractivity contribution in [3.63, 3.8) is 0 Å². The number of hydrogen-bond acceptors (Lipinski definition) is 5. The van der Waals surface area contributed by atoms with Crippen molar-refractivity contribution in [2.24, 2.45) is 0 Å². The maximum Gasteiger partial charge on any atom is 0.276 e. The average Bonchev–Trinajstić information content (AvgIpc) is 3.20. The van der Waals surface area contributed by atoms with Crippen LogP contribution in [0.5, 0.6) is 0 Å². The van der Waals surface area contributed by atoms with Gasteiger partial charge in [0.15, 0.2) is 5.69 Å². The van der Waals surface area contributed by atoms with Crippen LogP contribution in [-0.4, -0.2) is 48.3 Å². The molecule has 1 saturated heterocycles. The van der Waals surface area contributed by atoms with E-state index in [9.17, 15) is 9.59 Å². The fourth-order valence-corrected chi connectivity index (χ4v) is 3.29. The first-order valence-electron chi connectivity index (χ1n) is 9.30. The molecule has 1 fully saturated rings. The Morgan fingerprint density at radius 2 is 1.86 bits per heavy atom. The highest BCUT2D eigenvalue weighted by Crippen LogP contribution is 2.26. The minimum absolute atomic E-state index is 0.206. The van der Waals surface area contributed by atoms with Crippen LogP contribution < -0.4 is 15.5 Å². The van der Waals surface area contributed by atoms with Gasteiger partial charge in [0.1, 0.15) is 0 Å². The predicted molar refractivity (Wildman–Crippen MR) is 112 cm³/mol. The van der Waals surface area contributed by atoms with Gasteiger partial charge in [-0.1, -0.05) is 12.6 Å². The first-order valence-corrected chi connectivity index (χ1v) is 9.30. The third-order valence-electron chi connectivity index (χ3n) is 4.75. The molecule has 0 radical (unpaired) electrons. The fourth-order valence-electron chi connectivity index (χ4n) is 3.29. The number of carbonyl (C=O) groups excluding carboxylic acids is 2. The molecule has 8 heteroatoms. The number of aromatic nitrogens is 2. The highest BCUT2D eigenvalue weighted by Gasteiger charge is 2.18. The summed E-state index contributed by atoms with van der Waals surface area (Å²) in [5.41, 5.74) is 3.10. The van der Waals surface area contributed by atoms with Crippen molar-refractivity contribution in [2.75, 3.05) is 41.8 Å². The molecule has 2 heterocycles. The standard InChI is InChI=1S/C21H21N5O3/c1-2-18(27)23-16-4-3-5-17-19(16)20(25-24-17)21(28)22-14-6-8-15(9-7-14)26-10-12-29-13-11-26/h2-9H,1,10-13H2,(H,22,28)(H,23,27)(H,24,25). The Hall–Kier alpha value is -3.65. The molecule has 3 N–H and O–H groups in total. The summed E-state index contributed by atoms with van der Waals surface area (Å²) in [5, 5.41) is 13.1. The van der Waals surface area contributed by atoms with Gasteiger partial charge in [-0.2, -0.15) is 5.10 Å². The van der Waals surface area contributed by atoms with E-state index >= 15 is 0 Å². The molecule has 0 aliphatic carbocycles. The zero-order chi connectivity index (χ0) is 20.2. The van der Waals surface area contributed by atoms with E-state index in [0.29, 0.717) is 22.3 Å². The first kappa shape index (κ1) is 18.7. The van der Waals surface area contributed by atoms with Crippen molar-refractivity contribution in [3.8, 4) is 0 Å². The number of rotatable bonds is 5. The summed E-state index contributed by atoms with van der Waals surface area (Å²) in [6, 6.07) is 12.9. The van der Waals surface area contributed by atoms with Crippen LogP contribution >= 0.6 is 0 Å². The van der Waals surface area contributed by atoms with Crippen molar-refractivity contribution < 1.29 is 14.3 Å². The van der Waals surface area contributed by atoms with Crippen LogP contribution in [-0.2, 0) is 9.53 Å². The topological polar surface area (TPSA) is 99.3 Å². The Morgan fingerprint density at radius 3 is 2.59 bits per heavy atom. The zero-order valence-electron chi connectivity index (χ0n) is 15.8. The molecule has 1 aromatic heterocycles. The molecule has 1 aliphatic heterocycles. The van der Waals surface area contributed by atoms with Gasteiger partial charge in [0.05, 0.1) is 29.8 Å². The third kappa shape index (κ3) is 3.97. The van der Waals surface area contributed by atoms with Crippen molar-refractivity contribution >= 4 is 39.8 Å². The molecular formula is C21H21N5O3. The van der Waals surface area contributed by atoms with Crippen LogP contribution in [0.15, 0.2) is 55.1 Å². The highest BCUT2D eigenvalue weighted by molar-refractivity contribution is 6.16. The van der Waals surface area contributed by atoms with Crippen LogP contribution in [0.25, 0.3) is 10.9 Å². The average molecular weight is 391 g/mol. The van der Waals surface area contributed by atoms with E-state index in [1.165, 1.54) is 6.08 Å². The highest BCUT2D eigenvalue weighted by atomic mass is 16.5. The summed E-state index contributed by atoms with van der Waals surface area (Å²) in [6.45, 7) is 6.59. The van der Waals surface area contributed by atoms with Gasteiger partial charge < -0.3 is 20.3 Å². The van der Waals surface area contributed by atoms with Gasteiger partial charge in [0, 0.05) is 24.5 Å². The summed E-state index contributed by atoms with van der Waals surface area (Å²) in [7, 11) is 0. The van der Waals surface area contributed by atoms with Crippen molar-refractivity contribution in [3.05, 3.63) is 60.8 Å². The zero-order valence-corrected chi connectivity index (χ0v) is 15.8. The minimum atomic E-state index is -0.365. The number of morpholine rings is 1.